The van der Waals surface area contributed by atoms with Crippen LogP contribution in [0.4, 0.5) is 0 Å². The Kier molecular flexibility index (Phi) is 3.38. The van der Waals surface area contributed by atoms with Gasteiger partial charge in [0.1, 0.15) is 11.3 Å². The van der Waals surface area contributed by atoms with Gasteiger partial charge in [-0.3, -0.25) is 4.79 Å². The minimum Gasteiger partial charge on any atom is -0.475 e. The zero-order chi connectivity index (χ0) is 15.7. The molecule has 0 unspecified atom stereocenters. The number of carbonyl (C=O) groups is 2. The number of carbonyl (C=O) groups excluding carboxylic acids is 1. The number of carboxylic acids is 1. The summed E-state index contributed by atoms with van der Waals surface area (Å²) in [4.78, 5) is 27.1. The first-order chi connectivity index (χ1) is 10.6. The lowest BCUT2D eigenvalue weighted by atomic mass is 10.1. The van der Waals surface area contributed by atoms with Gasteiger partial charge in [-0.25, -0.2) is 9.78 Å². The molecule has 1 aromatic carbocycles. The zero-order valence-electron chi connectivity index (χ0n) is 11.6. The number of rotatable bonds is 4. The lowest BCUT2D eigenvalue weighted by molar-refractivity contribution is 0.0662. The number of nitrogens with zero attached hydrogens (tertiary/aromatic N) is 1. The molecule has 2 N–H and O–H groups in total. The molecule has 0 fully saturated rings. The summed E-state index contributed by atoms with van der Waals surface area (Å²) in [6, 6.07) is 6.94. The molecule has 0 saturated heterocycles. The molecular formula is C15H12N2O5. The first kappa shape index (κ1) is 13.9. The Morgan fingerprint density at radius 1 is 1.32 bits per heavy atom. The summed E-state index contributed by atoms with van der Waals surface area (Å²) >= 11 is 0. The van der Waals surface area contributed by atoms with Crippen LogP contribution in [0.15, 0.2) is 39.5 Å². The van der Waals surface area contributed by atoms with Crippen molar-refractivity contribution in [1.82, 2.24) is 10.3 Å². The molecule has 0 bridgehead atoms. The van der Waals surface area contributed by atoms with E-state index in [1.807, 2.05) is 0 Å². The number of benzene rings is 1. The van der Waals surface area contributed by atoms with Crippen molar-refractivity contribution in [1.29, 1.82) is 0 Å². The molecule has 3 rings (SSSR count). The third kappa shape index (κ3) is 2.32. The Hall–Kier alpha value is -3.09. The Labute approximate surface area is 124 Å². The summed E-state index contributed by atoms with van der Waals surface area (Å²) in [5, 5.41) is 12.5. The number of hydrogen-bond acceptors (Lipinski definition) is 5. The van der Waals surface area contributed by atoms with Crippen molar-refractivity contribution in [3.8, 4) is 0 Å². The number of oxazole rings is 1. The van der Waals surface area contributed by atoms with Crippen LogP contribution in [0.5, 0.6) is 0 Å². The molecule has 2 aromatic heterocycles. The topological polar surface area (TPSA) is 106 Å². The zero-order valence-corrected chi connectivity index (χ0v) is 11.6. The molecule has 0 aliphatic carbocycles. The van der Waals surface area contributed by atoms with Crippen molar-refractivity contribution in [2.75, 3.05) is 0 Å². The maximum Gasteiger partial charge on any atom is 0.372 e. The molecule has 7 heteroatoms. The standard InChI is InChI=1S/C15H12N2O5/c1-8-12(17-7-21-8)14(18)16-6-10-9-4-2-3-5-11(9)22-13(10)15(19)20/h2-5,7H,6H2,1H3,(H,16,18)(H,19,20). The number of nitrogens with one attached hydrogen (secondary N) is 1. The number of aromatic nitrogens is 1. The first-order valence-electron chi connectivity index (χ1n) is 6.50. The Morgan fingerprint density at radius 3 is 2.77 bits per heavy atom. The quantitative estimate of drug-likeness (QED) is 0.766. The molecule has 0 spiro atoms. The van der Waals surface area contributed by atoms with Gasteiger partial charge in [0.15, 0.2) is 12.1 Å². The number of amides is 1. The van der Waals surface area contributed by atoms with E-state index in [2.05, 4.69) is 10.3 Å². The van der Waals surface area contributed by atoms with Gasteiger partial charge in [-0.05, 0) is 13.0 Å². The lowest BCUT2D eigenvalue weighted by Gasteiger charge is -2.03. The number of furan rings is 1. The van der Waals surface area contributed by atoms with Crippen LogP contribution in [0.1, 0.15) is 32.4 Å². The van der Waals surface area contributed by atoms with Crippen molar-refractivity contribution >= 4 is 22.8 Å². The van der Waals surface area contributed by atoms with Gasteiger partial charge in [0.05, 0.1) is 0 Å². The summed E-state index contributed by atoms with van der Waals surface area (Å²) in [6.45, 7) is 1.64. The predicted octanol–water partition coefficient (Wildman–Crippen LogP) is 2.36. The Balaban J connectivity index is 1.90. The smallest absolute Gasteiger partial charge is 0.372 e. The minimum atomic E-state index is -1.18. The van der Waals surface area contributed by atoms with Crippen LogP contribution in [-0.4, -0.2) is 22.0 Å². The van der Waals surface area contributed by atoms with Crippen LogP contribution in [-0.2, 0) is 6.54 Å². The number of carboxylic acid groups (broad SMARTS) is 1. The van der Waals surface area contributed by atoms with Gasteiger partial charge in [-0.1, -0.05) is 18.2 Å². The number of fused-ring (bicyclic) bond motifs is 1. The average molecular weight is 300 g/mol. The van der Waals surface area contributed by atoms with Gasteiger partial charge in [-0.2, -0.15) is 0 Å². The Morgan fingerprint density at radius 2 is 2.09 bits per heavy atom. The molecular weight excluding hydrogens is 288 g/mol. The van der Waals surface area contributed by atoms with E-state index >= 15 is 0 Å². The van der Waals surface area contributed by atoms with Gasteiger partial charge in [0.25, 0.3) is 5.91 Å². The van der Waals surface area contributed by atoms with Gasteiger partial charge in [-0.15, -0.1) is 0 Å². The predicted molar refractivity (Wildman–Crippen MR) is 75.6 cm³/mol. The van der Waals surface area contributed by atoms with E-state index in [0.717, 1.165) is 0 Å². The SMILES string of the molecule is Cc1ocnc1C(=O)NCc1c(C(=O)O)oc2ccccc12. The molecule has 0 atom stereocenters. The Bertz CT molecular complexity index is 862. The van der Waals surface area contributed by atoms with Crippen molar-refractivity contribution in [3.63, 3.8) is 0 Å². The van der Waals surface area contributed by atoms with Gasteiger partial charge in [0, 0.05) is 17.5 Å². The number of hydrogen-bond donors (Lipinski definition) is 2. The molecule has 0 saturated carbocycles. The van der Waals surface area contributed by atoms with Crippen LogP contribution in [0.3, 0.4) is 0 Å². The maximum atomic E-state index is 12.0. The van der Waals surface area contributed by atoms with E-state index in [9.17, 15) is 14.7 Å². The van der Waals surface area contributed by atoms with Crippen molar-refractivity contribution in [2.45, 2.75) is 13.5 Å². The fourth-order valence-corrected chi connectivity index (χ4v) is 2.22. The monoisotopic (exact) mass is 300 g/mol. The van der Waals surface area contributed by atoms with Crippen LogP contribution >= 0.6 is 0 Å². The van der Waals surface area contributed by atoms with Crippen LogP contribution in [0, 0.1) is 6.92 Å². The van der Waals surface area contributed by atoms with Gasteiger partial charge >= 0.3 is 5.97 Å². The number of aryl methyl sites for hydroxylation is 1. The fraction of sp³-hybridized carbons (Fsp3) is 0.133. The van der Waals surface area contributed by atoms with E-state index in [0.29, 0.717) is 22.3 Å². The number of aromatic carboxylic acids is 1. The summed E-state index contributed by atoms with van der Waals surface area (Å²) in [7, 11) is 0. The summed E-state index contributed by atoms with van der Waals surface area (Å²) in [6.07, 6.45) is 1.18. The maximum absolute atomic E-state index is 12.0. The third-order valence-electron chi connectivity index (χ3n) is 3.28. The molecule has 2 heterocycles. The minimum absolute atomic E-state index is 0.0176. The van der Waals surface area contributed by atoms with Gasteiger partial charge < -0.3 is 19.3 Å². The summed E-state index contributed by atoms with van der Waals surface area (Å²) in [5.74, 6) is -1.41. The molecule has 1 amide bonds. The largest absolute Gasteiger partial charge is 0.475 e. The molecule has 3 aromatic rings. The molecule has 0 aliphatic heterocycles. The highest BCUT2D eigenvalue weighted by Crippen LogP contribution is 2.25. The normalized spacial score (nSPS) is 10.8. The fourth-order valence-electron chi connectivity index (χ4n) is 2.22. The highest BCUT2D eigenvalue weighted by molar-refractivity contribution is 5.96. The van der Waals surface area contributed by atoms with E-state index in [-0.39, 0.29) is 18.0 Å². The van der Waals surface area contributed by atoms with Gasteiger partial charge in [0.2, 0.25) is 5.76 Å². The van der Waals surface area contributed by atoms with Crippen molar-refractivity contribution in [2.24, 2.45) is 0 Å². The number of para-hydroxylation sites is 1. The van der Waals surface area contributed by atoms with Crippen LogP contribution < -0.4 is 5.32 Å². The lowest BCUT2D eigenvalue weighted by Crippen LogP contribution is -2.24. The van der Waals surface area contributed by atoms with E-state index in [1.54, 1.807) is 31.2 Å². The highest BCUT2D eigenvalue weighted by atomic mass is 16.4. The second-order valence-electron chi connectivity index (χ2n) is 4.65. The van der Waals surface area contributed by atoms with Crippen LogP contribution in [0.2, 0.25) is 0 Å². The van der Waals surface area contributed by atoms with Crippen LogP contribution in [0.25, 0.3) is 11.0 Å². The third-order valence-corrected chi connectivity index (χ3v) is 3.28. The molecule has 0 aliphatic rings. The second-order valence-corrected chi connectivity index (χ2v) is 4.65. The molecule has 22 heavy (non-hydrogen) atoms. The van der Waals surface area contributed by atoms with E-state index in [4.69, 9.17) is 8.83 Å². The van der Waals surface area contributed by atoms with Crippen molar-refractivity contribution < 1.29 is 23.5 Å². The second kappa shape index (κ2) is 5.36. The highest BCUT2D eigenvalue weighted by Gasteiger charge is 2.21. The van der Waals surface area contributed by atoms with E-state index in [1.165, 1.54) is 6.39 Å². The molecule has 112 valence electrons. The summed E-state index contributed by atoms with van der Waals surface area (Å²) < 4.78 is 10.3. The van der Waals surface area contributed by atoms with E-state index < -0.39 is 11.9 Å². The molecule has 7 nitrogen and oxygen atoms in total. The van der Waals surface area contributed by atoms with Crippen molar-refractivity contribution in [3.05, 3.63) is 53.4 Å². The first-order valence-corrected chi connectivity index (χ1v) is 6.50. The average Bonchev–Trinajstić information content (AvgIpc) is 3.08. The summed E-state index contributed by atoms with van der Waals surface area (Å²) in [5.41, 5.74) is 1.05. The molecule has 0 radical (unpaired) electrons.